The first-order valence-corrected chi connectivity index (χ1v) is 7.10. The molecule has 0 aliphatic carbocycles. The number of nitrogens with zero attached hydrogens (tertiary/aromatic N) is 1. The Morgan fingerprint density at radius 3 is 2.18 bits per heavy atom. The van der Waals surface area contributed by atoms with Crippen LogP contribution in [0.5, 0.6) is 11.5 Å². The maximum atomic E-state index is 5.39. The molecule has 0 saturated carbocycles. The predicted molar refractivity (Wildman–Crippen MR) is 93.0 cm³/mol. The van der Waals surface area contributed by atoms with Crippen molar-refractivity contribution in [2.75, 3.05) is 20.0 Å². The highest BCUT2D eigenvalue weighted by Crippen LogP contribution is 2.30. The maximum absolute atomic E-state index is 5.39. The van der Waals surface area contributed by atoms with Gasteiger partial charge in [0.05, 0.1) is 19.7 Å². The fourth-order valence-electron chi connectivity index (χ4n) is 1.87. The fourth-order valence-corrected chi connectivity index (χ4v) is 2.02. The lowest BCUT2D eigenvalue weighted by Gasteiger charge is -2.08. The molecule has 2 N–H and O–H groups in total. The van der Waals surface area contributed by atoms with Crippen LogP contribution in [-0.4, -0.2) is 19.2 Å². The van der Waals surface area contributed by atoms with E-state index in [4.69, 9.17) is 15.2 Å². The molecule has 0 aliphatic heterocycles. The third kappa shape index (κ3) is 4.05. The molecule has 0 spiro atoms. The number of nitrogens with two attached hydrogens (primary N) is 1. The van der Waals surface area contributed by atoms with E-state index in [1.54, 1.807) is 20.4 Å². The van der Waals surface area contributed by atoms with E-state index in [0.29, 0.717) is 5.75 Å². The van der Waals surface area contributed by atoms with Crippen LogP contribution in [0.25, 0.3) is 10.9 Å². The van der Waals surface area contributed by atoms with Gasteiger partial charge in [-0.05, 0) is 36.4 Å². The van der Waals surface area contributed by atoms with E-state index < -0.39 is 0 Å². The first-order valence-electron chi connectivity index (χ1n) is 6.65. The number of rotatable bonds is 2. The summed E-state index contributed by atoms with van der Waals surface area (Å²) in [6, 6.07) is 15.0. The second kappa shape index (κ2) is 7.56. The van der Waals surface area contributed by atoms with Gasteiger partial charge in [-0.2, -0.15) is 0 Å². The minimum atomic E-state index is 0.707. The number of fused-ring (bicyclic) bond motifs is 1. The molecule has 0 saturated heterocycles. The lowest BCUT2D eigenvalue weighted by atomic mass is 10.2. The molecule has 0 amide bonds. The summed E-state index contributed by atoms with van der Waals surface area (Å²) in [5.74, 6) is 1.44. The summed E-state index contributed by atoms with van der Waals surface area (Å²) in [7, 11) is 3.24. The third-order valence-corrected chi connectivity index (χ3v) is 3.30. The highest BCUT2D eigenvalue weighted by molar-refractivity contribution is 7.80. The molecule has 22 heavy (non-hydrogen) atoms. The monoisotopic (exact) mass is 314 g/mol. The van der Waals surface area contributed by atoms with Crippen molar-refractivity contribution in [2.45, 2.75) is 4.90 Å². The first-order chi connectivity index (χ1) is 10.6. The minimum absolute atomic E-state index is 0.707. The van der Waals surface area contributed by atoms with Crippen LogP contribution in [0.4, 0.5) is 5.69 Å². The molecule has 3 rings (SSSR count). The summed E-state index contributed by atoms with van der Waals surface area (Å²) in [4.78, 5) is 5.17. The number of nitrogen functional groups attached to an aromatic ring is 1. The van der Waals surface area contributed by atoms with E-state index in [1.165, 1.54) is 0 Å². The average molecular weight is 314 g/mol. The Morgan fingerprint density at radius 1 is 0.955 bits per heavy atom. The Balaban J connectivity index is 0.000000188. The van der Waals surface area contributed by atoms with Crippen molar-refractivity contribution in [1.29, 1.82) is 0 Å². The van der Waals surface area contributed by atoms with Gasteiger partial charge in [0.1, 0.15) is 0 Å². The van der Waals surface area contributed by atoms with E-state index >= 15 is 0 Å². The van der Waals surface area contributed by atoms with Crippen LogP contribution in [0.15, 0.2) is 59.6 Å². The molecule has 2 aromatic carbocycles. The molecule has 0 fully saturated rings. The molecule has 4 nitrogen and oxygen atoms in total. The normalized spacial score (nSPS) is 9.77. The Hall–Kier alpha value is -2.40. The first kappa shape index (κ1) is 16.0. The van der Waals surface area contributed by atoms with Crippen LogP contribution in [0, 0.1) is 0 Å². The molecule has 0 unspecified atom stereocenters. The second-order valence-corrected chi connectivity index (χ2v) is 5.01. The Bertz CT molecular complexity index is 682. The lowest BCUT2D eigenvalue weighted by Crippen LogP contribution is -1.90. The van der Waals surface area contributed by atoms with Gasteiger partial charge in [0.25, 0.3) is 0 Å². The zero-order valence-electron chi connectivity index (χ0n) is 12.5. The number of hydrogen-bond acceptors (Lipinski definition) is 5. The van der Waals surface area contributed by atoms with Crippen molar-refractivity contribution in [1.82, 2.24) is 4.98 Å². The number of thiol groups is 1. The molecular formula is C17H18N2O2S. The number of ether oxygens (including phenoxy) is 2. The molecule has 1 aromatic heterocycles. The largest absolute Gasteiger partial charge is 0.493 e. The van der Waals surface area contributed by atoms with Crippen molar-refractivity contribution in [3.8, 4) is 11.5 Å². The highest BCUT2D eigenvalue weighted by atomic mass is 32.1. The second-order valence-electron chi connectivity index (χ2n) is 4.49. The van der Waals surface area contributed by atoms with Crippen LogP contribution >= 0.6 is 12.6 Å². The van der Waals surface area contributed by atoms with E-state index in [0.717, 1.165) is 27.2 Å². The van der Waals surface area contributed by atoms with Gasteiger partial charge in [-0.1, -0.05) is 6.07 Å². The van der Waals surface area contributed by atoms with Crippen LogP contribution in [0.2, 0.25) is 0 Å². The number of anilines is 1. The van der Waals surface area contributed by atoms with E-state index in [9.17, 15) is 0 Å². The van der Waals surface area contributed by atoms with Gasteiger partial charge in [0.2, 0.25) is 0 Å². The lowest BCUT2D eigenvalue weighted by molar-refractivity contribution is 0.356. The molecule has 0 radical (unpaired) electrons. The zero-order chi connectivity index (χ0) is 15.9. The summed E-state index contributed by atoms with van der Waals surface area (Å²) in [6.07, 6.45) is 1.76. The van der Waals surface area contributed by atoms with Crippen molar-refractivity contribution in [2.24, 2.45) is 0 Å². The standard InChI is InChI=1S/C11H11NO2.C6H7NS/c1-13-10-6-8-4-3-5-12-9(8)7-11(10)14-2;7-5-1-3-6(8)4-2-5/h3-7H,1-2H3;1-4,8H,7H2. The topological polar surface area (TPSA) is 57.4 Å². The Kier molecular flexibility index (Phi) is 5.49. The highest BCUT2D eigenvalue weighted by Gasteiger charge is 2.05. The minimum Gasteiger partial charge on any atom is -0.493 e. The van der Waals surface area contributed by atoms with Crippen LogP contribution in [0.3, 0.4) is 0 Å². The average Bonchev–Trinajstić information content (AvgIpc) is 2.56. The molecule has 114 valence electrons. The van der Waals surface area contributed by atoms with Gasteiger partial charge in [0.15, 0.2) is 11.5 Å². The summed E-state index contributed by atoms with van der Waals surface area (Å²) < 4.78 is 10.4. The van der Waals surface area contributed by atoms with Gasteiger partial charge < -0.3 is 15.2 Å². The van der Waals surface area contributed by atoms with Gasteiger partial charge in [-0.25, -0.2) is 0 Å². The number of pyridine rings is 1. The molecule has 0 aliphatic rings. The SMILES string of the molecule is COc1cc2cccnc2cc1OC.Nc1ccc(S)cc1. The molecular weight excluding hydrogens is 296 g/mol. The fraction of sp³-hybridized carbons (Fsp3) is 0.118. The molecule has 1 heterocycles. The third-order valence-electron chi connectivity index (χ3n) is 3.00. The van der Waals surface area contributed by atoms with Gasteiger partial charge >= 0.3 is 0 Å². The molecule has 5 heteroatoms. The molecule has 0 atom stereocenters. The molecule has 0 bridgehead atoms. The van der Waals surface area contributed by atoms with Gasteiger partial charge in [-0.3, -0.25) is 4.98 Å². The van der Waals surface area contributed by atoms with E-state index in [-0.39, 0.29) is 0 Å². The quantitative estimate of drug-likeness (QED) is 0.558. The number of hydrogen-bond donors (Lipinski definition) is 2. The number of methoxy groups -OCH3 is 2. The molecule has 3 aromatic rings. The number of aromatic nitrogens is 1. The van der Waals surface area contributed by atoms with Crippen molar-refractivity contribution in [3.63, 3.8) is 0 Å². The van der Waals surface area contributed by atoms with E-state index in [1.807, 2.05) is 48.5 Å². The van der Waals surface area contributed by atoms with Crippen LogP contribution in [-0.2, 0) is 0 Å². The summed E-state index contributed by atoms with van der Waals surface area (Å²) in [5, 5.41) is 1.05. The summed E-state index contributed by atoms with van der Waals surface area (Å²) in [5.41, 5.74) is 7.08. The number of benzene rings is 2. The maximum Gasteiger partial charge on any atom is 0.162 e. The van der Waals surface area contributed by atoms with Gasteiger partial charge in [0, 0.05) is 28.2 Å². The van der Waals surface area contributed by atoms with Crippen LogP contribution < -0.4 is 15.2 Å². The van der Waals surface area contributed by atoms with Crippen molar-refractivity contribution >= 4 is 29.2 Å². The zero-order valence-corrected chi connectivity index (χ0v) is 13.4. The van der Waals surface area contributed by atoms with E-state index in [2.05, 4.69) is 17.6 Å². The van der Waals surface area contributed by atoms with Gasteiger partial charge in [-0.15, -0.1) is 12.6 Å². The van der Waals surface area contributed by atoms with Crippen LogP contribution in [0.1, 0.15) is 0 Å². The summed E-state index contributed by atoms with van der Waals surface area (Å²) in [6.45, 7) is 0. The summed E-state index contributed by atoms with van der Waals surface area (Å²) >= 11 is 4.08. The smallest absolute Gasteiger partial charge is 0.162 e. The predicted octanol–water partition coefficient (Wildman–Crippen LogP) is 3.81. The Labute approximate surface area is 135 Å². The van der Waals surface area contributed by atoms with Crippen molar-refractivity contribution in [3.05, 3.63) is 54.7 Å². The van der Waals surface area contributed by atoms with Crippen molar-refractivity contribution < 1.29 is 9.47 Å². The Morgan fingerprint density at radius 2 is 1.59 bits per heavy atom.